The molecule has 84 valence electrons. The van der Waals surface area contributed by atoms with Crippen LogP contribution >= 0.6 is 0 Å². The van der Waals surface area contributed by atoms with Gasteiger partial charge in [0.05, 0.1) is 5.60 Å². The fourth-order valence-electron chi connectivity index (χ4n) is 2.08. The van der Waals surface area contributed by atoms with Crippen LogP contribution in [0.25, 0.3) is 0 Å². The second kappa shape index (κ2) is 4.60. The van der Waals surface area contributed by atoms with Gasteiger partial charge in [-0.15, -0.1) is 0 Å². The number of β-amino-alcohol motifs (C(OH)–C–C–N with tert-alkyl or cyclic N) is 1. The van der Waals surface area contributed by atoms with Gasteiger partial charge in [0.2, 0.25) is 0 Å². The molecule has 0 amide bonds. The maximum atomic E-state index is 9.82. The molecule has 0 aliphatic carbocycles. The van der Waals surface area contributed by atoms with Gasteiger partial charge >= 0.3 is 0 Å². The summed E-state index contributed by atoms with van der Waals surface area (Å²) in [5.41, 5.74) is 5.25. The second-order valence-corrected chi connectivity index (χ2v) is 5.22. The standard InChI is InChI=1S/C11H24N2O/c1-9(2)10(6-12)7-13-5-4-11(3,14)8-13/h9-10,14H,4-8,12H2,1-3H3. The van der Waals surface area contributed by atoms with Crippen molar-refractivity contribution in [3.05, 3.63) is 0 Å². The highest BCUT2D eigenvalue weighted by Crippen LogP contribution is 2.22. The molecule has 0 aromatic heterocycles. The smallest absolute Gasteiger partial charge is 0.0758 e. The van der Waals surface area contributed by atoms with Gasteiger partial charge < -0.3 is 15.7 Å². The SMILES string of the molecule is CC(C)C(CN)CN1CCC(C)(O)C1. The van der Waals surface area contributed by atoms with Crippen LogP contribution in [-0.4, -0.2) is 41.8 Å². The van der Waals surface area contributed by atoms with Gasteiger partial charge in [-0.25, -0.2) is 0 Å². The fourth-order valence-corrected chi connectivity index (χ4v) is 2.08. The van der Waals surface area contributed by atoms with Crippen molar-refractivity contribution < 1.29 is 5.11 Å². The van der Waals surface area contributed by atoms with E-state index >= 15 is 0 Å². The van der Waals surface area contributed by atoms with Crippen LogP contribution in [-0.2, 0) is 0 Å². The summed E-state index contributed by atoms with van der Waals surface area (Å²) < 4.78 is 0. The molecule has 2 atom stereocenters. The Morgan fingerprint density at radius 3 is 2.50 bits per heavy atom. The molecule has 2 unspecified atom stereocenters. The Hall–Kier alpha value is -0.120. The van der Waals surface area contributed by atoms with Gasteiger partial charge in [0.25, 0.3) is 0 Å². The third-order valence-electron chi connectivity index (χ3n) is 3.27. The average Bonchev–Trinajstić information content (AvgIpc) is 2.41. The summed E-state index contributed by atoms with van der Waals surface area (Å²) in [5.74, 6) is 1.19. The molecule has 3 N–H and O–H groups in total. The van der Waals surface area contributed by atoms with Crippen molar-refractivity contribution in [1.29, 1.82) is 0 Å². The summed E-state index contributed by atoms with van der Waals surface area (Å²) in [6.45, 7) is 9.93. The van der Waals surface area contributed by atoms with Gasteiger partial charge in [-0.1, -0.05) is 13.8 Å². The van der Waals surface area contributed by atoms with Crippen LogP contribution < -0.4 is 5.73 Å². The Balaban J connectivity index is 2.38. The molecule has 1 rings (SSSR count). The summed E-state index contributed by atoms with van der Waals surface area (Å²) in [6, 6.07) is 0. The van der Waals surface area contributed by atoms with Crippen LogP contribution in [0.15, 0.2) is 0 Å². The summed E-state index contributed by atoms with van der Waals surface area (Å²) >= 11 is 0. The maximum Gasteiger partial charge on any atom is 0.0758 e. The summed E-state index contributed by atoms with van der Waals surface area (Å²) in [4.78, 5) is 2.33. The van der Waals surface area contributed by atoms with Crippen LogP contribution in [0.4, 0.5) is 0 Å². The predicted octanol–water partition coefficient (Wildman–Crippen LogP) is 0.674. The fraction of sp³-hybridized carbons (Fsp3) is 1.00. The Kier molecular flexibility index (Phi) is 3.93. The van der Waals surface area contributed by atoms with E-state index in [4.69, 9.17) is 5.73 Å². The second-order valence-electron chi connectivity index (χ2n) is 5.22. The molecule has 0 spiro atoms. The molecule has 1 fully saturated rings. The first-order valence-corrected chi connectivity index (χ1v) is 5.59. The van der Waals surface area contributed by atoms with Crippen LogP contribution in [0.2, 0.25) is 0 Å². The Morgan fingerprint density at radius 2 is 2.14 bits per heavy atom. The highest BCUT2D eigenvalue weighted by molar-refractivity contribution is 4.87. The van der Waals surface area contributed by atoms with E-state index in [1.807, 2.05) is 6.92 Å². The molecule has 0 aromatic rings. The van der Waals surface area contributed by atoms with Crippen LogP contribution in [0.3, 0.4) is 0 Å². The summed E-state index contributed by atoms with van der Waals surface area (Å²) in [5, 5.41) is 9.82. The first kappa shape index (κ1) is 12.0. The lowest BCUT2D eigenvalue weighted by Gasteiger charge is -2.26. The number of hydrogen-bond acceptors (Lipinski definition) is 3. The molecule has 0 saturated carbocycles. The molecule has 0 bridgehead atoms. The van der Waals surface area contributed by atoms with E-state index in [0.717, 1.165) is 32.6 Å². The molecule has 3 heteroatoms. The molecule has 1 saturated heterocycles. The molecule has 0 radical (unpaired) electrons. The number of hydrogen-bond donors (Lipinski definition) is 2. The first-order chi connectivity index (χ1) is 6.44. The predicted molar refractivity (Wildman–Crippen MR) is 59.1 cm³/mol. The van der Waals surface area contributed by atoms with Gasteiger partial charge in [-0.2, -0.15) is 0 Å². The van der Waals surface area contributed by atoms with Gasteiger partial charge in [0.15, 0.2) is 0 Å². The van der Waals surface area contributed by atoms with Crippen molar-refractivity contribution in [3.8, 4) is 0 Å². The number of rotatable bonds is 4. The summed E-state index contributed by atoms with van der Waals surface area (Å²) in [7, 11) is 0. The minimum atomic E-state index is -0.476. The van der Waals surface area contributed by atoms with Crippen LogP contribution in [0.1, 0.15) is 27.2 Å². The Morgan fingerprint density at radius 1 is 1.50 bits per heavy atom. The molecule has 1 heterocycles. The zero-order valence-electron chi connectivity index (χ0n) is 9.66. The molecule has 1 aliphatic heterocycles. The number of nitrogens with two attached hydrogens (primary N) is 1. The number of nitrogens with zero attached hydrogens (tertiary/aromatic N) is 1. The van der Waals surface area contributed by atoms with E-state index in [0.29, 0.717) is 11.8 Å². The zero-order chi connectivity index (χ0) is 10.8. The summed E-state index contributed by atoms with van der Waals surface area (Å²) in [6.07, 6.45) is 0.891. The Labute approximate surface area is 87.3 Å². The van der Waals surface area contributed by atoms with Crippen molar-refractivity contribution in [2.45, 2.75) is 32.8 Å². The van der Waals surface area contributed by atoms with E-state index in [2.05, 4.69) is 18.7 Å². The van der Waals surface area contributed by atoms with Crippen molar-refractivity contribution >= 4 is 0 Å². The topological polar surface area (TPSA) is 49.5 Å². The third-order valence-corrected chi connectivity index (χ3v) is 3.27. The van der Waals surface area contributed by atoms with Crippen molar-refractivity contribution in [1.82, 2.24) is 4.90 Å². The molecule has 3 nitrogen and oxygen atoms in total. The molecular weight excluding hydrogens is 176 g/mol. The van der Waals surface area contributed by atoms with Crippen molar-refractivity contribution in [3.63, 3.8) is 0 Å². The lowest BCUT2D eigenvalue weighted by molar-refractivity contribution is 0.0656. The van der Waals surface area contributed by atoms with E-state index in [1.54, 1.807) is 0 Å². The van der Waals surface area contributed by atoms with Gasteiger partial charge in [-0.3, -0.25) is 0 Å². The van der Waals surface area contributed by atoms with E-state index in [9.17, 15) is 5.11 Å². The first-order valence-electron chi connectivity index (χ1n) is 5.59. The van der Waals surface area contributed by atoms with E-state index in [1.165, 1.54) is 0 Å². The lowest BCUT2D eigenvalue weighted by atomic mass is 9.95. The quantitative estimate of drug-likeness (QED) is 0.701. The monoisotopic (exact) mass is 200 g/mol. The molecular formula is C11H24N2O. The number of likely N-dealkylation sites (tertiary alicyclic amines) is 1. The Bertz CT molecular complexity index is 180. The lowest BCUT2D eigenvalue weighted by Crippen LogP contribution is -2.36. The third kappa shape index (κ3) is 3.23. The average molecular weight is 200 g/mol. The van der Waals surface area contributed by atoms with E-state index in [-0.39, 0.29) is 0 Å². The van der Waals surface area contributed by atoms with Gasteiger partial charge in [-0.05, 0) is 31.7 Å². The van der Waals surface area contributed by atoms with Crippen molar-refractivity contribution in [2.75, 3.05) is 26.2 Å². The van der Waals surface area contributed by atoms with Gasteiger partial charge in [0.1, 0.15) is 0 Å². The van der Waals surface area contributed by atoms with Crippen LogP contribution in [0.5, 0.6) is 0 Å². The molecule has 14 heavy (non-hydrogen) atoms. The normalized spacial score (nSPS) is 31.3. The minimum Gasteiger partial charge on any atom is -0.389 e. The minimum absolute atomic E-state index is 0.476. The van der Waals surface area contributed by atoms with Crippen LogP contribution in [0, 0.1) is 11.8 Å². The zero-order valence-corrected chi connectivity index (χ0v) is 9.66. The molecule has 0 aromatic carbocycles. The highest BCUT2D eigenvalue weighted by Gasteiger charge is 2.32. The van der Waals surface area contributed by atoms with Gasteiger partial charge in [0, 0.05) is 19.6 Å². The number of aliphatic hydroxyl groups is 1. The highest BCUT2D eigenvalue weighted by atomic mass is 16.3. The van der Waals surface area contributed by atoms with Crippen molar-refractivity contribution in [2.24, 2.45) is 17.6 Å². The largest absolute Gasteiger partial charge is 0.389 e. The maximum absolute atomic E-state index is 9.82. The molecule has 1 aliphatic rings. The van der Waals surface area contributed by atoms with E-state index < -0.39 is 5.60 Å².